The molecule has 5 rings (SSSR count). The second kappa shape index (κ2) is 8.48. The Balaban J connectivity index is 1.18. The van der Waals surface area contributed by atoms with E-state index in [9.17, 15) is 14.4 Å². The maximum atomic E-state index is 13.1. The number of urea groups is 1. The molecule has 0 bridgehead atoms. The van der Waals surface area contributed by atoms with Crippen molar-refractivity contribution < 1.29 is 23.9 Å². The number of cyclic esters (lactones) is 2. The van der Waals surface area contributed by atoms with Gasteiger partial charge in [-0.05, 0) is 57.2 Å². The number of fused-ring (bicyclic) bond motifs is 1. The average molecular weight is 454 g/mol. The molecule has 4 aliphatic heterocycles. The first-order chi connectivity index (χ1) is 15.8. The van der Waals surface area contributed by atoms with Gasteiger partial charge in [0.05, 0.1) is 16.8 Å². The number of carbonyl (C=O) groups is 3. The molecule has 0 spiro atoms. The number of piperidine rings is 1. The van der Waals surface area contributed by atoms with Gasteiger partial charge in [0.1, 0.15) is 13.2 Å². The monoisotopic (exact) mass is 453 g/mol. The van der Waals surface area contributed by atoms with Crippen molar-refractivity contribution in [3.8, 4) is 0 Å². The SMILES string of the molecule is CC1=C(N2CCN(C3CCN(C(C)Cc4ccc5c(c4C)COC5=O)CC3)C2=O)COC1=O. The minimum atomic E-state index is -0.323. The minimum absolute atomic E-state index is 0.000296. The number of benzene rings is 1. The zero-order valence-corrected chi connectivity index (χ0v) is 19.6. The summed E-state index contributed by atoms with van der Waals surface area (Å²) >= 11 is 0. The summed E-state index contributed by atoms with van der Waals surface area (Å²) in [6.45, 7) is 9.85. The molecule has 4 heterocycles. The third kappa shape index (κ3) is 3.80. The highest BCUT2D eigenvalue weighted by Gasteiger charge is 2.40. The number of ether oxygens (including phenoxy) is 2. The molecule has 0 N–H and O–H groups in total. The summed E-state index contributed by atoms with van der Waals surface area (Å²) in [5.74, 6) is -0.542. The molecule has 1 atom stereocenters. The minimum Gasteiger partial charge on any atom is -0.457 e. The molecule has 0 radical (unpaired) electrons. The van der Waals surface area contributed by atoms with Crippen LogP contribution >= 0.6 is 0 Å². The number of hydrogen-bond donors (Lipinski definition) is 0. The van der Waals surface area contributed by atoms with Crippen LogP contribution in [-0.4, -0.2) is 77.5 Å². The molecule has 1 aromatic carbocycles. The summed E-state index contributed by atoms with van der Waals surface area (Å²) in [4.78, 5) is 42.8. The highest BCUT2D eigenvalue weighted by Crippen LogP contribution is 2.30. The quantitative estimate of drug-likeness (QED) is 0.638. The topological polar surface area (TPSA) is 79.4 Å². The third-order valence-corrected chi connectivity index (χ3v) is 7.80. The largest absolute Gasteiger partial charge is 0.457 e. The highest BCUT2D eigenvalue weighted by atomic mass is 16.5. The molecular formula is C25H31N3O5. The lowest BCUT2D eigenvalue weighted by atomic mass is 9.93. The zero-order valence-electron chi connectivity index (χ0n) is 19.6. The molecule has 176 valence electrons. The lowest BCUT2D eigenvalue weighted by molar-refractivity contribution is -0.136. The van der Waals surface area contributed by atoms with E-state index in [4.69, 9.17) is 9.47 Å². The van der Waals surface area contributed by atoms with Gasteiger partial charge in [0.25, 0.3) is 0 Å². The van der Waals surface area contributed by atoms with Crippen molar-refractivity contribution in [1.82, 2.24) is 14.7 Å². The van der Waals surface area contributed by atoms with E-state index in [0.717, 1.165) is 43.6 Å². The van der Waals surface area contributed by atoms with Crippen LogP contribution in [0.5, 0.6) is 0 Å². The summed E-state index contributed by atoms with van der Waals surface area (Å²) in [5.41, 5.74) is 5.43. The summed E-state index contributed by atoms with van der Waals surface area (Å²) in [6, 6.07) is 4.57. The number of likely N-dealkylation sites (tertiary alicyclic amines) is 1. The predicted molar refractivity (Wildman–Crippen MR) is 121 cm³/mol. The summed E-state index contributed by atoms with van der Waals surface area (Å²) in [7, 11) is 0. The Morgan fingerprint density at radius 2 is 1.70 bits per heavy atom. The van der Waals surface area contributed by atoms with Gasteiger partial charge in [-0.25, -0.2) is 14.4 Å². The molecule has 4 aliphatic rings. The molecule has 0 aromatic heterocycles. The van der Waals surface area contributed by atoms with Crippen LogP contribution in [0.1, 0.15) is 53.7 Å². The van der Waals surface area contributed by atoms with Gasteiger partial charge in [-0.3, -0.25) is 4.90 Å². The van der Waals surface area contributed by atoms with Gasteiger partial charge < -0.3 is 19.3 Å². The van der Waals surface area contributed by atoms with Gasteiger partial charge >= 0.3 is 18.0 Å². The standard InChI is InChI=1S/C25H31N3O5/c1-15(12-18-4-5-20-21(16(18)2)13-32-24(20)30)26-8-6-19(7-9-26)27-10-11-28(25(27)31)22-14-33-23(29)17(22)3/h4-5,15,19H,6-14H2,1-3H3. The molecule has 8 nitrogen and oxygen atoms in total. The number of amides is 2. The van der Waals surface area contributed by atoms with Crippen LogP contribution in [0.15, 0.2) is 23.4 Å². The number of rotatable bonds is 5. The van der Waals surface area contributed by atoms with E-state index < -0.39 is 0 Å². The molecule has 2 fully saturated rings. The fourth-order valence-electron chi connectivity index (χ4n) is 5.60. The van der Waals surface area contributed by atoms with Crippen LogP contribution in [0.4, 0.5) is 4.79 Å². The molecule has 8 heteroatoms. The molecule has 1 unspecified atom stereocenters. The number of hydrogen-bond acceptors (Lipinski definition) is 6. The van der Waals surface area contributed by atoms with E-state index in [0.29, 0.717) is 36.9 Å². The normalized spacial score (nSPS) is 22.8. The molecule has 1 aromatic rings. The van der Waals surface area contributed by atoms with E-state index in [2.05, 4.69) is 24.8 Å². The number of nitrogens with zero attached hydrogens (tertiary/aromatic N) is 3. The zero-order chi connectivity index (χ0) is 23.3. The highest BCUT2D eigenvalue weighted by molar-refractivity contribution is 5.94. The Morgan fingerprint density at radius 1 is 0.970 bits per heavy atom. The Labute approximate surface area is 194 Å². The van der Waals surface area contributed by atoms with Crippen LogP contribution < -0.4 is 0 Å². The van der Waals surface area contributed by atoms with E-state index in [1.165, 1.54) is 11.1 Å². The van der Waals surface area contributed by atoms with Crippen LogP contribution in [-0.2, 0) is 27.3 Å². The van der Waals surface area contributed by atoms with Crippen molar-refractivity contribution in [2.75, 3.05) is 32.8 Å². The molecule has 2 saturated heterocycles. The summed E-state index contributed by atoms with van der Waals surface area (Å²) in [6.07, 6.45) is 2.82. The first kappa shape index (κ1) is 21.9. The maximum absolute atomic E-state index is 13.1. The fourth-order valence-corrected chi connectivity index (χ4v) is 5.60. The van der Waals surface area contributed by atoms with E-state index in [1.807, 2.05) is 11.0 Å². The summed E-state index contributed by atoms with van der Waals surface area (Å²) < 4.78 is 10.3. The Kier molecular flexibility index (Phi) is 5.64. The second-order valence-electron chi connectivity index (χ2n) is 9.55. The second-order valence-corrected chi connectivity index (χ2v) is 9.55. The van der Waals surface area contributed by atoms with Crippen molar-refractivity contribution >= 4 is 18.0 Å². The maximum Gasteiger partial charge on any atom is 0.338 e. The fraction of sp³-hybridized carbons (Fsp3) is 0.560. The molecule has 0 aliphatic carbocycles. The first-order valence-electron chi connectivity index (χ1n) is 11.8. The van der Waals surface area contributed by atoms with E-state index in [-0.39, 0.29) is 30.6 Å². The van der Waals surface area contributed by atoms with Crippen LogP contribution in [0, 0.1) is 6.92 Å². The Morgan fingerprint density at radius 3 is 2.39 bits per heavy atom. The molecule has 0 saturated carbocycles. The molecular weight excluding hydrogens is 422 g/mol. The van der Waals surface area contributed by atoms with Crippen LogP contribution in [0.25, 0.3) is 0 Å². The van der Waals surface area contributed by atoms with Crippen molar-refractivity contribution in [3.63, 3.8) is 0 Å². The predicted octanol–water partition coefficient (Wildman–Crippen LogP) is 2.63. The van der Waals surface area contributed by atoms with Crippen LogP contribution in [0.2, 0.25) is 0 Å². The Bertz CT molecular complexity index is 1040. The van der Waals surface area contributed by atoms with Gasteiger partial charge in [0, 0.05) is 43.8 Å². The first-order valence-corrected chi connectivity index (χ1v) is 11.8. The lowest BCUT2D eigenvalue weighted by Crippen LogP contribution is -2.49. The van der Waals surface area contributed by atoms with Crippen molar-refractivity contribution in [3.05, 3.63) is 45.7 Å². The van der Waals surface area contributed by atoms with Gasteiger partial charge in [0.15, 0.2) is 0 Å². The Hall–Kier alpha value is -2.87. The van der Waals surface area contributed by atoms with Gasteiger partial charge in [-0.1, -0.05) is 6.07 Å². The van der Waals surface area contributed by atoms with Gasteiger partial charge in [0.2, 0.25) is 0 Å². The third-order valence-electron chi connectivity index (χ3n) is 7.80. The van der Waals surface area contributed by atoms with Crippen molar-refractivity contribution in [1.29, 1.82) is 0 Å². The number of carbonyl (C=O) groups excluding carboxylic acids is 3. The van der Waals surface area contributed by atoms with E-state index >= 15 is 0 Å². The number of esters is 2. The smallest absolute Gasteiger partial charge is 0.338 e. The van der Waals surface area contributed by atoms with Gasteiger partial charge in [-0.2, -0.15) is 0 Å². The van der Waals surface area contributed by atoms with E-state index in [1.54, 1.807) is 11.8 Å². The summed E-state index contributed by atoms with van der Waals surface area (Å²) in [5, 5.41) is 0. The average Bonchev–Trinajstić information content (AvgIpc) is 3.48. The molecule has 33 heavy (non-hydrogen) atoms. The molecule has 2 amide bonds. The van der Waals surface area contributed by atoms with Crippen LogP contribution in [0.3, 0.4) is 0 Å². The van der Waals surface area contributed by atoms with Crippen molar-refractivity contribution in [2.24, 2.45) is 0 Å². The lowest BCUT2D eigenvalue weighted by Gasteiger charge is -2.39. The van der Waals surface area contributed by atoms with Crippen molar-refractivity contribution in [2.45, 2.75) is 58.7 Å². The van der Waals surface area contributed by atoms with Gasteiger partial charge in [-0.15, -0.1) is 0 Å².